The highest BCUT2D eigenvalue weighted by Gasteiger charge is 2.30. The number of carbonyl (C=O) groups excluding carboxylic acids is 2. The fourth-order valence-corrected chi connectivity index (χ4v) is 4.04. The molecule has 9 heteroatoms. The number of benzene rings is 1. The van der Waals surface area contributed by atoms with Gasteiger partial charge in [-0.2, -0.15) is 0 Å². The average molecular weight is 400 g/mol. The molecule has 28 heavy (non-hydrogen) atoms. The lowest BCUT2D eigenvalue weighted by Crippen LogP contribution is -2.33. The SMILES string of the molecule is C=CCn1c(SCC(=O)N2CCCC2=O)nnc1[C@@H]1COc2ccccc2O1. The molecule has 1 aromatic heterocycles. The fourth-order valence-electron chi connectivity index (χ4n) is 3.21. The molecule has 4 rings (SSSR count). The minimum atomic E-state index is -0.410. The second-order valence-electron chi connectivity index (χ2n) is 6.44. The van der Waals surface area contributed by atoms with Gasteiger partial charge in [-0.05, 0) is 18.6 Å². The number of imide groups is 1. The second kappa shape index (κ2) is 8.05. The van der Waals surface area contributed by atoms with Crippen LogP contribution in [-0.2, 0) is 16.1 Å². The third-order valence-electron chi connectivity index (χ3n) is 4.55. The van der Waals surface area contributed by atoms with Crippen molar-refractivity contribution in [3.8, 4) is 11.5 Å². The van der Waals surface area contributed by atoms with E-state index in [1.165, 1.54) is 16.7 Å². The van der Waals surface area contributed by atoms with Crippen LogP contribution < -0.4 is 9.47 Å². The number of rotatable bonds is 6. The van der Waals surface area contributed by atoms with Crippen molar-refractivity contribution in [3.63, 3.8) is 0 Å². The number of amides is 2. The molecule has 8 nitrogen and oxygen atoms in total. The molecule has 0 aliphatic carbocycles. The van der Waals surface area contributed by atoms with Crippen molar-refractivity contribution in [1.82, 2.24) is 19.7 Å². The summed E-state index contributed by atoms with van der Waals surface area (Å²) in [7, 11) is 0. The van der Waals surface area contributed by atoms with Crippen molar-refractivity contribution in [1.29, 1.82) is 0 Å². The number of fused-ring (bicyclic) bond motifs is 1. The summed E-state index contributed by atoms with van der Waals surface area (Å²) in [6.07, 6.45) is 2.49. The van der Waals surface area contributed by atoms with E-state index in [-0.39, 0.29) is 17.6 Å². The first-order chi connectivity index (χ1) is 13.7. The summed E-state index contributed by atoms with van der Waals surface area (Å²) in [4.78, 5) is 25.3. The van der Waals surface area contributed by atoms with E-state index in [0.717, 1.165) is 6.42 Å². The number of para-hydroxylation sites is 2. The average Bonchev–Trinajstić information content (AvgIpc) is 3.32. The molecule has 1 fully saturated rings. The largest absolute Gasteiger partial charge is 0.485 e. The van der Waals surface area contributed by atoms with Gasteiger partial charge in [0.1, 0.15) is 6.61 Å². The Morgan fingerprint density at radius 3 is 2.89 bits per heavy atom. The monoisotopic (exact) mass is 400 g/mol. The molecule has 1 saturated heterocycles. The van der Waals surface area contributed by atoms with Crippen LogP contribution >= 0.6 is 11.8 Å². The standard InChI is InChI=1S/C19H20N4O4S/c1-2-9-23-18(15-11-26-13-6-3-4-7-14(13)27-15)20-21-19(23)28-12-17(25)22-10-5-8-16(22)24/h2-4,6-7,15H,1,5,8-12H2/t15-/m0/s1. The minimum Gasteiger partial charge on any atom is -0.485 e. The molecule has 0 bridgehead atoms. The molecule has 0 spiro atoms. The van der Waals surface area contributed by atoms with E-state index in [4.69, 9.17) is 9.47 Å². The number of hydrogen-bond acceptors (Lipinski definition) is 7. The molecule has 0 unspecified atom stereocenters. The Morgan fingerprint density at radius 2 is 2.14 bits per heavy atom. The third kappa shape index (κ3) is 3.62. The highest BCUT2D eigenvalue weighted by Crippen LogP contribution is 2.36. The first-order valence-electron chi connectivity index (χ1n) is 9.06. The second-order valence-corrected chi connectivity index (χ2v) is 7.38. The highest BCUT2D eigenvalue weighted by molar-refractivity contribution is 7.99. The van der Waals surface area contributed by atoms with E-state index >= 15 is 0 Å². The molecule has 0 N–H and O–H groups in total. The van der Waals surface area contributed by atoms with E-state index in [0.29, 0.717) is 48.6 Å². The number of thioether (sulfide) groups is 1. The van der Waals surface area contributed by atoms with Crippen molar-refractivity contribution in [2.75, 3.05) is 18.9 Å². The maximum Gasteiger partial charge on any atom is 0.239 e. The van der Waals surface area contributed by atoms with Crippen molar-refractivity contribution in [2.24, 2.45) is 0 Å². The normalized spacial score (nSPS) is 18.4. The van der Waals surface area contributed by atoms with Gasteiger partial charge in [0, 0.05) is 19.5 Å². The van der Waals surface area contributed by atoms with E-state index in [1.807, 2.05) is 28.8 Å². The van der Waals surface area contributed by atoms with Gasteiger partial charge in [0.2, 0.25) is 11.8 Å². The summed E-state index contributed by atoms with van der Waals surface area (Å²) in [5.41, 5.74) is 0. The smallest absolute Gasteiger partial charge is 0.239 e. The summed E-state index contributed by atoms with van der Waals surface area (Å²) >= 11 is 1.26. The first-order valence-corrected chi connectivity index (χ1v) is 10.0. The zero-order chi connectivity index (χ0) is 19.5. The maximum absolute atomic E-state index is 12.3. The van der Waals surface area contributed by atoms with Crippen LogP contribution in [0.1, 0.15) is 24.8 Å². The number of carbonyl (C=O) groups is 2. The molecular weight excluding hydrogens is 380 g/mol. The van der Waals surface area contributed by atoms with Crippen LogP contribution in [-0.4, -0.2) is 50.4 Å². The van der Waals surface area contributed by atoms with Gasteiger partial charge in [-0.15, -0.1) is 16.8 Å². The van der Waals surface area contributed by atoms with E-state index in [1.54, 1.807) is 6.08 Å². The number of likely N-dealkylation sites (tertiary alicyclic amines) is 1. The van der Waals surface area contributed by atoms with Gasteiger partial charge in [0.25, 0.3) is 0 Å². The lowest BCUT2D eigenvalue weighted by Gasteiger charge is -2.26. The number of allylic oxidation sites excluding steroid dienone is 1. The minimum absolute atomic E-state index is 0.106. The quantitative estimate of drug-likeness (QED) is 0.543. The van der Waals surface area contributed by atoms with Gasteiger partial charge in [-0.25, -0.2) is 0 Å². The van der Waals surface area contributed by atoms with Gasteiger partial charge >= 0.3 is 0 Å². The van der Waals surface area contributed by atoms with Gasteiger partial charge in [0.05, 0.1) is 5.75 Å². The third-order valence-corrected chi connectivity index (χ3v) is 5.50. The molecule has 146 valence electrons. The predicted molar refractivity (Wildman–Crippen MR) is 102 cm³/mol. The summed E-state index contributed by atoms with van der Waals surface area (Å²) < 4.78 is 13.7. The van der Waals surface area contributed by atoms with E-state index in [9.17, 15) is 9.59 Å². The molecular formula is C19H20N4O4S. The molecule has 2 amide bonds. The topological polar surface area (TPSA) is 86.6 Å². The van der Waals surface area contributed by atoms with Gasteiger partial charge in [-0.1, -0.05) is 30.0 Å². The molecule has 2 aromatic rings. The Labute approximate surface area is 166 Å². The molecule has 1 atom stereocenters. The van der Waals surface area contributed by atoms with Crippen LogP contribution in [0, 0.1) is 0 Å². The van der Waals surface area contributed by atoms with Crippen LogP contribution in [0.3, 0.4) is 0 Å². The van der Waals surface area contributed by atoms with E-state index in [2.05, 4.69) is 16.8 Å². The number of nitrogens with zero attached hydrogens (tertiary/aromatic N) is 4. The number of ether oxygens (including phenoxy) is 2. The zero-order valence-electron chi connectivity index (χ0n) is 15.2. The number of hydrogen-bond donors (Lipinski definition) is 0. The summed E-state index contributed by atoms with van der Waals surface area (Å²) in [5.74, 6) is 1.79. The summed E-state index contributed by atoms with van der Waals surface area (Å²) in [5, 5.41) is 9.07. The Morgan fingerprint density at radius 1 is 1.32 bits per heavy atom. The summed E-state index contributed by atoms with van der Waals surface area (Å²) in [6, 6.07) is 7.47. The fraction of sp³-hybridized carbons (Fsp3) is 0.368. The van der Waals surface area contributed by atoms with Crippen LogP contribution in [0.2, 0.25) is 0 Å². The Kier molecular flexibility index (Phi) is 5.34. The Bertz CT molecular complexity index is 913. The van der Waals surface area contributed by atoms with E-state index < -0.39 is 6.10 Å². The van der Waals surface area contributed by atoms with Crippen LogP contribution in [0.15, 0.2) is 42.1 Å². The highest BCUT2D eigenvalue weighted by atomic mass is 32.2. The predicted octanol–water partition coefficient (Wildman–Crippen LogP) is 2.22. The maximum atomic E-state index is 12.3. The zero-order valence-corrected chi connectivity index (χ0v) is 16.1. The molecule has 2 aliphatic rings. The molecule has 0 radical (unpaired) electrons. The van der Waals surface area contributed by atoms with Crippen molar-refractivity contribution < 1.29 is 19.1 Å². The molecule has 0 saturated carbocycles. The van der Waals surface area contributed by atoms with Crippen LogP contribution in [0.4, 0.5) is 0 Å². The van der Waals surface area contributed by atoms with Gasteiger partial charge in [-0.3, -0.25) is 19.1 Å². The van der Waals surface area contributed by atoms with Gasteiger partial charge in [0.15, 0.2) is 28.6 Å². The van der Waals surface area contributed by atoms with Crippen molar-refractivity contribution in [3.05, 3.63) is 42.7 Å². The Hall–Kier alpha value is -2.81. The lowest BCUT2D eigenvalue weighted by molar-refractivity contribution is -0.140. The van der Waals surface area contributed by atoms with Crippen LogP contribution in [0.25, 0.3) is 0 Å². The summed E-state index contributed by atoms with van der Waals surface area (Å²) in [6.45, 7) is 5.08. The molecule has 3 heterocycles. The molecule has 2 aliphatic heterocycles. The lowest BCUT2D eigenvalue weighted by atomic mass is 10.2. The van der Waals surface area contributed by atoms with Crippen LogP contribution in [0.5, 0.6) is 11.5 Å². The first kappa shape index (κ1) is 18.5. The van der Waals surface area contributed by atoms with Crippen molar-refractivity contribution in [2.45, 2.75) is 30.6 Å². The number of aromatic nitrogens is 3. The Balaban J connectivity index is 1.49. The van der Waals surface area contributed by atoms with Crippen molar-refractivity contribution >= 4 is 23.6 Å². The van der Waals surface area contributed by atoms with Gasteiger partial charge < -0.3 is 9.47 Å². The molecule has 1 aromatic carbocycles.